The molecule has 25 heavy (non-hydrogen) atoms. The van der Waals surface area contributed by atoms with Crippen molar-refractivity contribution in [1.29, 1.82) is 0 Å². The zero-order valence-corrected chi connectivity index (χ0v) is 13.9. The molecule has 1 fully saturated rings. The Bertz CT molecular complexity index is 516. The van der Waals surface area contributed by atoms with E-state index in [-0.39, 0.29) is 6.61 Å². The molecule has 0 aliphatic carbocycles. The summed E-state index contributed by atoms with van der Waals surface area (Å²) in [5.74, 6) is -6.70. The van der Waals surface area contributed by atoms with Crippen LogP contribution < -0.4 is 0 Å². The third-order valence-corrected chi connectivity index (χ3v) is 4.15. The minimum atomic E-state index is -1.20. The normalized spacial score (nSPS) is 29.0. The van der Waals surface area contributed by atoms with Crippen molar-refractivity contribution >= 4 is 23.9 Å². The largest absolute Gasteiger partial charge is 0.481 e. The summed E-state index contributed by atoms with van der Waals surface area (Å²) < 4.78 is 15.6. The van der Waals surface area contributed by atoms with Crippen molar-refractivity contribution in [3.8, 4) is 0 Å². The first kappa shape index (κ1) is 20.8. The van der Waals surface area contributed by atoms with Gasteiger partial charge >= 0.3 is 23.9 Å². The van der Waals surface area contributed by atoms with Gasteiger partial charge in [0.2, 0.25) is 0 Å². The number of carbonyl (C=O) groups is 4. The van der Waals surface area contributed by atoms with E-state index in [4.69, 9.17) is 24.4 Å². The highest BCUT2D eigenvalue weighted by molar-refractivity contribution is 5.70. The summed E-state index contributed by atoms with van der Waals surface area (Å²) in [7, 11) is 1.28. The monoisotopic (exact) mass is 362 g/mol. The second kappa shape index (κ2) is 9.33. The summed E-state index contributed by atoms with van der Waals surface area (Å²) >= 11 is 0. The van der Waals surface area contributed by atoms with E-state index >= 15 is 0 Å². The summed E-state index contributed by atoms with van der Waals surface area (Å²) in [5, 5.41) is 27.4. The highest BCUT2D eigenvalue weighted by Crippen LogP contribution is 2.41. The van der Waals surface area contributed by atoms with Gasteiger partial charge in [-0.25, -0.2) is 0 Å². The molecule has 3 N–H and O–H groups in total. The number of hydrogen-bond acceptors (Lipinski definition) is 7. The molecule has 1 aliphatic heterocycles. The molecule has 0 aromatic carbocycles. The molecule has 1 saturated heterocycles. The van der Waals surface area contributed by atoms with Gasteiger partial charge in [0.15, 0.2) is 6.29 Å². The second-order valence-electron chi connectivity index (χ2n) is 5.87. The van der Waals surface area contributed by atoms with E-state index in [0.717, 1.165) is 0 Å². The van der Waals surface area contributed by atoms with Gasteiger partial charge in [0, 0.05) is 32.3 Å². The maximum absolute atomic E-state index is 11.2. The lowest BCUT2D eigenvalue weighted by atomic mass is 9.71. The van der Waals surface area contributed by atoms with E-state index in [2.05, 4.69) is 0 Å². The third-order valence-electron chi connectivity index (χ3n) is 4.15. The molecule has 1 heterocycles. The molecule has 0 radical (unpaired) electrons. The van der Waals surface area contributed by atoms with Crippen LogP contribution in [0, 0.1) is 17.8 Å². The topological polar surface area (TPSA) is 157 Å². The SMILES string of the molecule is CO[C@H]1O[C@@H](COC(C)=O)[C@H](CC(=O)O)[C@H](CC(=O)O)[C@@H]1CC(=O)O. The number of carboxylic acid groups (broad SMARTS) is 3. The first-order valence-corrected chi connectivity index (χ1v) is 7.62. The smallest absolute Gasteiger partial charge is 0.303 e. The molecule has 142 valence electrons. The lowest BCUT2D eigenvalue weighted by molar-refractivity contribution is -0.257. The molecule has 1 aliphatic rings. The van der Waals surface area contributed by atoms with Crippen LogP contribution in [0.4, 0.5) is 0 Å². The van der Waals surface area contributed by atoms with Gasteiger partial charge in [-0.3, -0.25) is 19.2 Å². The van der Waals surface area contributed by atoms with Crippen molar-refractivity contribution in [2.24, 2.45) is 17.8 Å². The molecule has 0 aromatic rings. The molecule has 0 spiro atoms. The lowest BCUT2D eigenvalue weighted by Crippen LogP contribution is -2.52. The number of esters is 1. The van der Waals surface area contributed by atoms with Crippen molar-refractivity contribution in [2.45, 2.75) is 38.6 Å². The Morgan fingerprint density at radius 1 is 0.880 bits per heavy atom. The van der Waals surface area contributed by atoms with E-state index in [0.29, 0.717) is 0 Å². The van der Waals surface area contributed by atoms with Crippen LogP contribution in [0.5, 0.6) is 0 Å². The number of hydrogen-bond donors (Lipinski definition) is 3. The van der Waals surface area contributed by atoms with Crippen LogP contribution in [0.3, 0.4) is 0 Å². The highest BCUT2D eigenvalue weighted by atomic mass is 16.7. The maximum Gasteiger partial charge on any atom is 0.303 e. The molecule has 0 amide bonds. The van der Waals surface area contributed by atoms with Crippen LogP contribution in [0.25, 0.3) is 0 Å². The second-order valence-corrected chi connectivity index (χ2v) is 5.87. The van der Waals surface area contributed by atoms with Gasteiger partial charge < -0.3 is 29.5 Å². The molecule has 1 rings (SSSR count). The summed E-state index contributed by atoms with van der Waals surface area (Å²) in [6, 6.07) is 0. The molecular weight excluding hydrogens is 340 g/mol. The van der Waals surface area contributed by atoms with Crippen LogP contribution in [0.15, 0.2) is 0 Å². The minimum Gasteiger partial charge on any atom is -0.481 e. The molecule has 0 unspecified atom stereocenters. The first-order chi connectivity index (χ1) is 11.6. The molecule has 5 atom stereocenters. The Morgan fingerprint density at radius 2 is 1.36 bits per heavy atom. The fourth-order valence-corrected chi connectivity index (χ4v) is 3.20. The van der Waals surface area contributed by atoms with Crippen molar-refractivity contribution in [3.05, 3.63) is 0 Å². The number of ether oxygens (including phenoxy) is 3. The van der Waals surface area contributed by atoms with Crippen LogP contribution in [-0.4, -0.2) is 65.3 Å². The molecular formula is C15H22O10. The fourth-order valence-electron chi connectivity index (χ4n) is 3.20. The quantitative estimate of drug-likeness (QED) is 0.484. The van der Waals surface area contributed by atoms with Crippen molar-refractivity contribution < 1.29 is 48.7 Å². The molecule has 10 nitrogen and oxygen atoms in total. The zero-order valence-electron chi connectivity index (χ0n) is 13.9. The predicted molar refractivity (Wildman–Crippen MR) is 79.5 cm³/mol. The Balaban J connectivity index is 3.18. The Kier molecular flexibility index (Phi) is 7.78. The number of carbonyl (C=O) groups excluding carboxylic acids is 1. The predicted octanol–water partition coefficient (Wildman–Crippen LogP) is 0.194. The third kappa shape index (κ3) is 6.31. The Hall–Kier alpha value is -2.20. The minimum absolute atomic E-state index is 0.275. The average molecular weight is 362 g/mol. The number of rotatable bonds is 9. The molecule has 10 heteroatoms. The number of carboxylic acids is 3. The Morgan fingerprint density at radius 3 is 1.80 bits per heavy atom. The first-order valence-electron chi connectivity index (χ1n) is 7.62. The van der Waals surface area contributed by atoms with Crippen LogP contribution >= 0.6 is 0 Å². The molecule has 0 saturated carbocycles. The molecule has 0 bridgehead atoms. The summed E-state index contributed by atoms with van der Waals surface area (Å²) in [4.78, 5) is 44.6. The molecule has 0 aromatic heterocycles. The van der Waals surface area contributed by atoms with Gasteiger partial charge in [-0.05, 0) is 5.92 Å². The van der Waals surface area contributed by atoms with Crippen molar-refractivity contribution in [1.82, 2.24) is 0 Å². The van der Waals surface area contributed by atoms with E-state index in [1.54, 1.807) is 0 Å². The van der Waals surface area contributed by atoms with E-state index < -0.39 is 73.3 Å². The maximum atomic E-state index is 11.2. The van der Waals surface area contributed by atoms with Crippen molar-refractivity contribution in [3.63, 3.8) is 0 Å². The lowest BCUT2D eigenvalue weighted by Gasteiger charge is -2.45. The van der Waals surface area contributed by atoms with E-state index in [1.807, 2.05) is 0 Å². The number of methoxy groups -OCH3 is 1. The van der Waals surface area contributed by atoms with Gasteiger partial charge in [-0.15, -0.1) is 0 Å². The highest BCUT2D eigenvalue weighted by Gasteiger charge is 2.48. The standard InChI is InChI=1S/C15H22O10/c1-7(16)24-6-11-9(4-13(19)20)8(3-12(17)18)10(5-14(21)22)15(23-2)25-11/h8-11,15H,3-6H2,1-2H3,(H,17,18)(H,19,20)(H,21,22)/t8-,9+,10-,11-,15-/m0/s1. The van der Waals surface area contributed by atoms with E-state index in [1.165, 1.54) is 14.0 Å². The Labute approximate surface area is 143 Å². The van der Waals surface area contributed by atoms with E-state index in [9.17, 15) is 24.3 Å². The van der Waals surface area contributed by atoms with Gasteiger partial charge in [0.05, 0.1) is 18.9 Å². The van der Waals surface area contributed by atoms with Gasteiger partial charge in [-0.1, -0.05) is 0 Å². The van der Waals surface area contributed by atoms with Gasteiger partial charge in [0.25, 0.3) is 0 Å². The summed E-state index contributed by atoms with van der Waals surface area (Å²) in [5.41, 5.74) is 0. The number of aliphatic carboxylic acids is 3. The van der Waals surface area contributed by atoms with Gasteiger partial charge in [0.1, 0.15) is 6.61 Å². The fraction of sp³-hybridized carbons (Fsp3) is 0.733. The van der Waals surface area contributed by atoms with Crippen LogP contribution in [0.1, 0.15) is 26.2 Å². The van der Waals surface area contributed by atoms with Crippen LogP contribution in [-0.2, 0) is 33.4 Å². The summed E-state index contributed by atoms with van der Waals surface area (Å²) in [6.45, 7) is 0.897. The zero-order chi connectivity index (χ0) is 19.1. The van der Waals surface area contributed by atoms with Crippen LogP contribution in [0.2, 0.25) is 0 Å². The van der Waals surface area contributed by atoms with Gasteiger partial charge in [-0.2, -0.15) is 0 Å². The van der Waals surface area contributed by atoms with Crippen molar-refractivity contribution in [2.75, 3.05) is 13.7 Å². The summed E-state index contributed by atoms with van der Waals surface area (Å²) in [6.07, 6.45) is -3.30. The average Bonchev–Trinajstić information content (AvgIpc) is 2.48.